The molecule has 0 spiro atoms. The van der Waals surface area contributed by atoms with Crippen molar-refractivity contribution in [3.05, 3.63) is 17.5 Å². The van der Waals surface area contributed by atoms with Crippen LogP contribution in [-0.2, 0) is 23.0 Å². The maximum Gasteiger partial charge on any atom is 0.223 e. The lowest BCUT2D eigenvalue weighted by molar-refractivity contribution is -0.135. The van der Waals surface area contributed by atoms with Crippen LogP contribution in [0, 0.1) is 6.92 Å². The molecule has 0 unspecified atom stereocenters. The summed E-state index contributed by atoms with van der Waals surface area (Å²) in [6.45, 7) is 7.63. The summed E-state index contributed by atoms with van der Waals surface area (Å²) < 4.78 is 7.27. The molecular weight excluding hydrogens is 254 g/mol. The van der Waals surface area contributed by atoms with Gasteiger partial charge in [0, 0.05) is 31.8 Å². The Kier molecular flexibility index (Phi) is 4.81. The second-order valence-electron chi connectivity index (χ2n) is 5.79. The van der Waals surface area contributed by atoms with Gasteiger partial charge in [0.15, 0.2) is 0 Å². The molecule has 1 aromatic heterocycles. The monoisotopic (exact) mass is 279 g/mol. The average molecular weight is 279 g/mol. The quantitative estimate of drug-likeness (QED) is 0.824. The van der Waals surface area contributed by atoms with E-state index in [9.17, 15) is 4.79 Å². The molecule has 0 N–H and O–H groups in total. The molecule has 1 saturated heterocycles. The summed E-state index contributed by atoms with van der Waals surface area (Å²) in [5.74, 6) is 0.221. The van der Waals surface area contributed by atoms with E-state index in [1.165, 1.54) is 0 Å². The van der Waals surface area contributed by atoms with E-state index in [1.807, 2.05) is 29.7 Å². The molecule has 1 fully saturated rings. The molecule has 1 aromatic rings. The van der Waals surface area contributed by atoms with Gasteiger partial charge in [-0.15, -0.1) is 0 Å². The molecule has 0 aliphatic carbocycles. The SMILES string of the molecule is Cc1c(CCC(=O)N(C(C)C)[C@@H]2CCOC2)cnn1C. The zero-order valence-electron chi connectivity index (χ0n) is 12.9. The van der Waals surface area contributed by atoms with Crippen molar-refractivity contribution >= 4 is 5.91 Å². The standard InChI is InChI=1S/C15H25N3O2/c1-11(2)18(14-7-8-20-10-14)15(19)6-5-13-9-16-17(4)12(13)3/h9,11,14H,5-8,10H2,1-4H3/t14-/m1/s1. The van der Waals surface area contributed by atoms with Gasteiger partial charge in [-0.1, -0.05) is 0 Å². The van der Waals surface area contributed by atoms with E-state index in [4.69, 9.17) is 4.74 Å². The van der Waals surface area contributed by atoms with Crippen molar-refractivity contribution in [1.29, 1.82) is 0 Å². The van der Waals surface area contributed by atoms with Crippen molar-refractivity contribution in [2.75, 3.05) is 13.2 Å². The first-order valence-electron chi connectivity index (χ1n) is 7.37. The lowest BCUT2D eigenvalue weighted by Gasteiger charge is -2.32. The number of carbonyl (C=O) groups excluding carboxylic acids is 1. The summed E-state index contributed by atoms with van der Waals surface area (Å²) in [5, 5.41) is 4.22. The van der Waals surface area contributed by atoms with E-state index < -0.39 is 0 Å². The molecule has 112 valence electrons. The van der Waals surface area contributed by atoms with Gasteiger partial charge in [0.2, 0.25) is 5.91 Å². The molecule has 0 radical (unpaired) electrons. The summed E-state index contributed by atoms with van der Waals surface area (Å²) in [5.41, 5.74) is 2.30. The zero-order chi connectivity index (χ0) is 14.7. The Morgan fingerprint density at radius 3 is 2.85 bits per heavy atom. The van der Waals surface area contributed by atoms with Crippen molar-refractivity contribution in [2.24, 2.45) is 7.05 Å². The Morgan fingerprint density at radius 1 is 1.60 bits per heavy atom. The molecule has 0 bridgehead atoms. The number of hydrogen-bond donors (Lipinski definition) is 0. The van der Waals surface area contributed by atoms with Gasteiger partial charge in [0.25, 0.3) is 0 Å². The highest BCUT2D eigenvalue weighted by Crippen LogP contribution is 2.18. The van der Waals surface area contributed by atoms with Crippen LogP contribution < -0.4 is 0 Å². The predicted molar refractivity (Wildman–Crippen MR) is 77.5 cm³/mol. The van der Waals surface area contributed by atoms with Crippen LogP contribution in [0.3, 0.4) is 0 Å². The fourth-order valence-corrected chi connectivity index (χ4v) is 2.82. The van der Waals surface area contributed by atoms with Gasteiger partial charge in [0.1, 0.15) is 0 Å². The molecule has 5 nitrogen and oxygen atoms in total. The van der Waals surface area contributed by atoms with Gasteiger partial charge in [0.05, 0.1) is 18.8 Å². The average Bonchev–Trinajstić information content (AvgIpc) is 3.00. The zero-order valence-corrected chi connectivity index (χ0v) is 12.9. The Morgan fingerprint density at radius 2 is 2.35 bits per heavy atom. The van der Waals surface area contributed by atoms with E-state index >= 15 is 0 Å². The molecule has 1 aliphatic heterocycles. The third-order valence-electron chi connectivity index (χ3n) is 4.09. The van der Waals surface area contributed by atoms with Crippen LogP contribution in [0.2, 0.25) is 0 Å². The maximum atomic E-state index is 12.5. The van der Waals surface area contributed by atoms with Crippen LogP contribution in [0.25, 0.3) is 0 Å². The Bertz CT molecular complexity index is 462. The second kappa shape index (κ2) is 6.39. The van der Waals surface area contributed by atoms with Crippen molar-refractivity contribution in [1.82, 2.24) is 14.7 Å². The van der Waals surface area contributed by atoms with Gasteiger partial charge in [-0.25, -0.2) is 0 Å². The fraction of sp³-hybridized carbons (Fsp3) is 0.733. The van der Waals surface area contributed by atoms with Crippen LogP contribution >= 0.6 is 0 Å². The summed E-state index contributed by atoms with van der Waals surface area (Å²) in [7, 11) is 1.93. The van der Waals surface area contributed by atoms with Crippen LogP contribution in [-0.4, -0.2) is 45.9 Å². The first kappa shape index (κ1) is 15.0. The van der Waals surface area contributed by atoms with Gasteiger partial charge >= 0.3 is 0 Å². The lowest BCUT2D eigenvalue weighted by atomic mass is 10.1. The van der Waals surface area contributed by atoms with Crippen molar-refractivity contribution in [3.63, 3.8) is 0 Å². The van der Waals surface area contributed by atoms with Crippen molar-refractivity contribution in [3.8, 4) is 0 Å². The molecule has 20 heavy (non-hydrogen) atoms. The highest BCUT2D eigenvalue weighted by atomic mass is 16.5. The number of rotatable bonds is 5. The molecule has 1 amide bonds. The van der Waals surface area contributed by atoms with Crippen molar-refractivity contribution < 1.29 is 9.53 Å². The van der Waals surface area contributed by atoms with E-state index in [-0.39, 0.29) is 18.0 Å². The Balaban J connectivity index is 1.96. The molecule has 1 aliphatic rings. The van der Waals surface area contributed by atoms with E-state index in [1.54, 1.807) is 0 Å². The van der Waals surface area contributed by atoms with Gasteiger partial charge in [-0.05, 0) is 39.2 Å². The van der Waals surface area contributed by atoms with Gasteiger partial charge in [-0.2, -0.15) is 5.10 Å². The van der Waals surface area contributed by atoms with E-state index in [0.717, 1.165) is 30.7 Å². The molecule has 5 heteroatoms. The van der Waals surface area contributed by atoms with Crippen LogP contribution in [0.15, 0.2) is 6.20 Å². The summed E-state index contributed by atoms with van der Waals surface area (Å²) in [4.78, 5) is 14.5. The molecular formula is C15H25N3O2. The number of hydrogen-bond acceptors (Lipinski definition) is 3. The number of carbonyl (C=O) groups is 1. The summed E-state index contributed by atoms with van der Waals surface area (Å²) >= 11 is 0. The van der Waals surface area contributed by atoms with Crippen LogP contribution in [0.5, 0.6) is 0 Å². The number of amides is 1. The first-order chi connectivity index (χ1) is 9.50. The topological polar surface area (TPSA) is 47.4 Å². The third-order valence-corrected chi connectivity index (χ3v) is 4.09. The predicted octanol–water partition coefficient (Wildman–Crippen LogP) is 1.69. The number of aryl methyl sites for hydroxylation is 2. The Hall–Kier alpha value is -1.36. The van der Waals surface area contributed by atoms with Crippen molar-refractivity contribution in [2.45, 2.75) is 52.1 Å². The third kappa shape index (κ3) is 3.20. The number of nitrogens with zero attached hydrogens (tertiary/aromatic N) is 3. The minimum Gasteiger partial charge on any atom is -0.379 e. The first-order valence-corrected chi connectivity index (χ1v) is 7.37. The molecule has 2 rings (SSSR count). The lowest BCUT2D eigenvalue weighted by Crippen LogP contribution is -2.45. The van der Waals surface area contributed by atoms with Gasteiger partial charge < -0.3 is 9.64 Å². The van der Waals surface area contributed by atoms with Crippen LogP contribution in [0.1, 0.15) is 37.9 Å². The number of aromatic nitrogens is 2. The van der Waals surface area contributed by atoms with E-state index in [2.05, 4.69) is 18.9 Å². The summed E-state index contributed by atoms with van der Waals surface area (Å²) in [6, 6.07) is 0.474. The minimum atomic E-state index is 0.221. The van der Waals surface area contributed by atoms with E-state index in [0.29, 0.717) is 13.0 Å². The molecule has 1 atom stereocenters. The second-order valence-corrected chi connectivity index (χ2v) is 5.79. The highest BCUT2D eigenvalue weighted by Gasteiger charge is 2.29. The molecule has 0 aromatic carbocycles. The van der Waals surface area contributed by atoms with Crippen LogP contribution in [0.4, 0.5) is 0 Å². The molecule has 2 heterocycles. The maximum absolute atomic E-state index is 12.5. The number of ether oxygens (including phenoxy) is 1. The van der Waals surface area contributed by atoms with Gasteiger partial charge in [-0.3, -0.25) is 9.48 Å². The fourth-order valence-electron chi connectivity index (χ4n) is 2.82. The Labute approximate surface area is 120 Å². The largest absolute Gasteiger partial charge is 0.379 e. The minimum absolute atomic E-state index is 0.221. The summed E-state index contributed by atoms with van der Waals surface area (Å²) in [6.07, 6.45) is 4.12. The normalized spacial score (nSPS) is 18.8. The molecule has 0 saturated carbocycles. The highest BCUT2D eigenvalue weighted by molar-refractivity contribution is 5.77. The smallest absolute Gasteiger partial charge is 0.223 e.